The van der Waals surface area contributed by atoms with Gasteiger partial charge in [-0.15, -0.1) is 5.10 Å². The normalized spacial score (nSPS) is 15.7. The zero-order valence-corrected chi connectivity index (χ0v) is 15.5. The van der Waals surface area contributed by atoms with Gasteiger partial charge in [-0.05, 0) is 44.0 Å². The number of piperidine rings is 1. The SMILES string of the molecule is CC(Cc1nc(-c2cccnc2)nn1-c1ccccc1)N1CCCCC1=O. The van der Waals surface area contributed by atoms with Crippen molar-refractivity contribution in [3.63, 3.8) is 0 Å². The van der Waals surface area contributed by atoms with Crippen LogP contribution in [0.25, 0.3) is 17.1 Å². The van der Waals surface area contributed by atoms with Crippen LogP contribution < -0.4 is 0 Å². The van der Waals surface area contributed by atoms with Crippen LogP contribution in [0, 0.1) is 0 Å². The van der Waals surface area contributed by atoms with Crippen molar-refractivity contribution in [3.05, 3.63) is 60.7 Å². The number of rotatable bonds is 5. The molecule has 6 nitrogen and oxygen atoms in total. The number of hydrogen-bond acceptors (Lipinski definition) is 4. The van der Waals surface area contributed by atoms with Crippen LogP contribution in [0.1, 0.15) is 32.0 Å². The number of benzene rings is 1. The van der Waals surface area contributed by atoms with Crippen molar-refractivity contribution in [2.75, 3.05) is 6.54 Å². The average Bonchev–Trinajstić information content (AvgIpc) is 3.13. The molecule has 1 fully saturated rings. The predicted octanol–water partition coefficient (Wildman–Crippen LogP) is 3.27. The van der Waals surface area contributed by atoms with E-state index in [0.29, 0.717) is 18.7 Å². The predicted molar refractivity (Wildman–Crippen MR) is 103 cm³/mol. The van der Waals surface area contributed by atoms with E-state index in [9.17, 15) is 4.79 Å². The highest BCUT2D eigenvalue weighted by Gasteiger charge is 2.25. The van der Waals surface area contributed by atoms with E-state index in [1.807, 2.05) is 52.0 Å². The molecule has 1 aliphatic rings. The summed E-state index contributed by atoms with van der Waals surface area (Å²) in [6.45, 7) is 2.92. The molecule has 27 heavy (non-hydrogen) atoms. The highest BCUT2D eigenvalue weighted by atomic mass is 16.2. The molecule has 3 heterocycles. The first-order valence-corrected chi connectivity index (χ1v) is 9.43. The third kappa shape index (κ3) is 3.74. The smallest absolute Gasteiger partial charge is 0.222 e. The van der Waals surface area contributed by atoms with Gasteiger partial charge < -0.3 is 4.90 Å². The summed E-state index contributed by atoms with van der Waals surface area (Å²) in [5.41, 5.74) is 1.85. The maximum absolute atomic E-state index is 12.3. The zero-order valence-electron chi connectivity index (χ0n) is 15.5. The Balaban J connectivity index is 1.68. The van der Waals surface area contributed by atoms with E-state index in [4.69, 9.17) is 10.1 Å². The van der Waals surface area contributed by atoms with Crippen molar-refractivity contribution in [1.82, 2.24) is 24.6 Å². The van der Waals surface area contributed by atoms with E-state index >= 15 is 0 Å². The lowest BCUT2D eigenvalue weighted by Crippen LogP contribution is -2.43. The molecule has 0 saturated carbocycles. The second kappa shape index (κ2) is 7.70. The Hall–Kier alpha value is -3.02. The van der Waals surface area contributed by atoms with E-state index in [1.54, 1.807) is 12.4 Å². The van der Waals surface area contributed by atoms with Gasteiger partial charge in [0.25, 0.3) is 0 Å². The quantitative estimate of drug-likeness (QED) is 0.700. The lowest BCUT2D eigenvalue weighted by atomic mass is 10.1. The van der Waals surface area contributed by atoms with E-state index in [1.165, 1.54) is 0 Å². The number of nitrogens with zero attached hydrogens (tertiary/aromatic N) is 5. The van der Waals surface area contributed by atoms with Gasteiger partial charge in [-0.2, -0.15) is 0 Å². The van der Waals surface area contributed by atoms with Crippen LogP contribution >= 0.6 is 0 Å². The molecule has 1 atom stereocenters. The molecule has 4 rings (SSSR count). The Morgan fingerprint density at radius 2 is 1.96 bits per heavy atom. The van der Waals surface area contributed by atoms with Gasteiger partial charge in [-0.25, -0.2) is 9.67 Å². The van der Waals surface area contributed by atoms with Gasteiger partial charge in [-0.3, -0.25) is 9.78 Å². The van der Waals surface area contributed by atoms with Gasteiger partial charge in [0.1, 0.15) is 5.82 Å². The summed E-state index contributed by atoms with van der Waals surface area (Å²) in [6, 6.07) is 13.9. The second-order valence-electron chi connectivity index (χ2n) is 6.94. The summed E-state index contributed by atoms with van der Waals surface area (Å²) in [7, 11) is 0. The number of amides is 1. The molecule has 1 aromatic carbocycles. The molecule has 1 aliphatic heterocycles. The van der Waals surface area contributed by atoms with Gasteiger partial charge >= 0.3 is 0 Å². The summed E-state index contributed by atoms with van der Waals surface area (Å²) in [5, 5.41) is 4.73. The van der Waals surface area contributed by atoms with Crippen LogP contribution in [0.15, 0.2) is 54.9 Å². The topological polar surface area (TPSA) is 63.9 Å². The minimum absolute atomic E-state index is 0.0891. The molecular formula is C21H23N5O. The Bertz CT molecular complexity index is 907. The first-order valence-electron chi connectivity index (χ1n) is 9.43. The molecule has 2 aromatic heterocycles. The highest BCUT2D eigenvalue weighted by molar-refractivity contribution is 5.77. The molecule has 0 bridgehead atoms. The number of carbonyl (C=O) groups excluding carboxylic acids is 1. The molecular weight excluding hydrogens is 338 g/mol. The largest absolute Gasteiger partial charge is 0.340 e. The molecule has 0 N–H and O–H groups in total. The molecule has 1 saturated heterocycles. The summed E-state index contributed by atoms with van der Waals surface area (Å²) in [6.07, 6.45) is 6.88. The van der Waals surface area contributed by atoms with E-state index < -0.39 is 0 Å². The first-order chi connectivity index (χ1) is 13.2. The van der Waals surface area contributed by atoms with E-state index in [-0.39, 0.29) is 11.9 Å². The molecule has 0 radical (unpaired) electrons. The van der Waals surface area contributed by atoms with Crippen LogP contribution in [0.2, 0.25) is 0 Å². The fourth-order valence-corrected chi connectivity index (χ4v) is 3.54. The van der Waals surface area contributed by atoms with Crippen molar-refractivity contribution in [2.24, 2.45) is 0 Å². The molecule has 1 unspecified atom stereocenters. The number of hydrogen-bond donors (Lipinski definition) is 0. The van der Waals surface area contributed by atoms with Crippen LogP contribution in [0.3, 0.4) is 0 Å². The van der Waals surface area contributed by atoms with E-state index in [0.717, 1.165) is 36.5 Å². The van der Waals surface area contributed by atoms with Gasteiger partial charge in [0, 0.05) is 43.4 Å². The molecule has 6 heteroatoms. The number of pyridine rings is 1. The van der Waals surface area contributed by atoms with Crippen molar-refractivity contribution >= 4 is 5.91 Å². The minimum atomic E-state index is 0.0891. The van der Waals surface area contributed by atoms with Crippen molar-refractivity contribution in [3.8, 4) is 17.1 Å². The monoisotopic (exact) mass is 361 g/mol. The van der Waals surface area contributed by atoms with Gasteiger partial charge in [0.2, 0.25) is 5.91 Å². The number of aromatic nitrogens is 4. The van der Waals surface area contributed by atoms with E-state index in [2.05, 4.69) is 11.9 Å². The summed E-state index contributed by atoms with van der Waals surface area (Å²) in [5.74, 6) is 1.75. The highest BCUT2D eigenvalue weighted by Crippen LogP contribution is 2.21. The molecule has 1 amide bonds. The molecule has 0 aliphatic carbocycles. The van der Waals surface area contributed by atoms with Crippen LogP contribution in [-0.2, 0) is 11.2 Å². The van der Waals surface area contributed by atoms with Crippen LogP contribution in [0.5, 0.6) is 0 Å². The fraction of sp³-hybridized carbons (Fsp3) is 0.333. The Labute approximate surface area is 158 Å². The van der Waals surface area contributed by atoms with Gasteiger partial charge in [0.05, 0.1) is 5.69 Å². The minimum Gasteiger partial charge on any atom is -0.340 e. The van der Waals surface area contributed by atoms with Crippen molar-refractivity contribution in [2.45, 2.75) is 38.6 Å². The molecule has 138 valence electrons. The van der Waals surface area contributed by atoms with Gasteiger partial charge in [-0.1, -0.05) is 18.2 Å². The summed E-state index contributed by atoms with van der Waals surface area (Å²) < 4.78 is 1.88. The zero-order chi connectivity index (χ0) is 18.6. The average molecular weight is 361 g/mol. The Morgan fingerprint density at radius 3 is 2.70 bits per heavy atom. The maximum atomic E-state index is 12.3. The summed E-state index contributed by atoms with van der Waals surface area (Å²) >= 11 is 0. The third-order valence-corrected chi connectivity index (χ3v) is 4.96. The lowest BCUT2D eigenvalue weighted by Gasteiger charge is -2.32. The van der Waals surface area contributed by atoms with Crippen molar-refractivity contribution < 1.29 is 4.79 Å². The number of carbonyl (C=O) groups is 1. The molecule has 0 spiro atoms. The fourth-order valence-electron chi connectivity index (χ4n) is 3.54. The Morgan fingerprint density at radius 1 is 1.11 bits per heavy atom. The number of para-hydroxylation sites is 1. The maximum Gasteiger partial charge on any atom is 0.222 e. The Kier molecular flexibility index (Phi) is 4.96. The summed E-state index contributed by atoms with van der Waals surface area (Å²) in [4.78, 5) is 23.2. The van der Waals surface area contributed by atoms with Crippen molar-refractivity contribution in [1.29, 1.82) is 0 Å². The third-order valence-electron chi connectivity index (χ3n) is 4.96. The first kappa shape index (κ1) is 17.4. The lowest BCUT2D eigenvalue weighted by molar-refractivity contribution is -0.135. The van der Waals surface area contributed by atoms with Crippen LogP contribution in [0.4, 0.5) is 0 Å². The van der Waals surface area contributed by atoms with Crippen LogP contribution in [-0.4, -0.2) is 43.1 Å². The standard InChI is InChI=1S/C21H23N5O/c1-16(25-13-6-5-11-20(25)27)14-19-23-21(17-8-7-12-22-15-17)24-26(19)18-9-3-2-4-10-18/h2-4,7-10,12,15-16H,5-6,11,13-14H2,1H3. The number of likely N-dealkylation sites (tertiary alicyclic amines) is 1. The second-order valence-corrected chi connectivity index (χ2v) is 6.94. The molecule has 3 aromatic rings. The van der Waals surface area contributed by atoms with Gasteiger partial charge in [0.15, 0.2) is 5.82 Å².